The van der Waals surface area contributed by atoms with Gasteiger partial charge in [0.15, 0.2) is 0 Å². The summed E-state index contributed by atoms with van der Waals surface area (Å²) in [5, 5.41) is 3.17. The first-order valence-corrected chi connectivity index (χ1v) is 5.24. The van der Waals surface area contributed by atoms with Crippen LogP contribution in [0.2, 0.25) is 0 Å². The van der Waals surface area contributed by atoms with Crippen molar-refractivity contribution in [2.45, 2.75) is 12.8 Å². The quantitative estimate of drug-likeness (QED) is 0.627. The van der Waals surface area contributed by atoms with E-state index in [9.17, 15) is 0 Å². The fraction of sp³-hybridized carbons (Fsp3) is 1.00. The SMILES string of the molecule is CNCN(C)CCC1CCN(C)C1. The molecule has 1 unspecified atom stereocenters. The van der Waals surface area contributed by atoms with Gasteiger partial charge in [-0.05, 0) is 53.0 Å². The van der Waals surface area contributed by atoms with E-state index in [-0.39, 0.29) is 0 Å². The average molecular weight is 185 g/mol. The summed E-state index contributed by atoms with van der Waals surface area (Å²) in [6.07, 6.45) is 2.74. The Kier molecular flexibility index (Phi) is 4.70. The second kappa shape index (κ2) is 5.58. The maximum Gasteiger partial charge on any atom is 0.0475 e. The van der Waals surface area contributed by atoms with Crippen LogP contribution >= 0.6 is 0 Å². The molecule has 0 spiro atoms. The normalized spacial score (nSPS) is 24.5. The van der Waals surface area contributed by atoms with Gasteiger partial charge in [-0.15, -0.1) is 0 Å². The Morgan fingerprint density at radius 1 is 1.54 bits per heavy atom. The maximum absolute atomic E-state index is 3.17. The van der Waals surface area contributed by atoms with Crippen molar-refractivity contribution in [3.8, 4) is 0 Å². The van der Waals surface area contributed by atoms with Crippen LogP contribution in [0.25, 0.3) is 0 Å². The molecule has 0 radical (unpaired) electrons. The molecule has 1 rings (SSSR count). The zero-order valence-corrected chi connectivity index (χ0v) is 9.21. The van der Waals surface area contributed by atoms with Gasteiger partial charge < -0.3 is 10.2 Å². The molecule has 0 aromatic heterocycles. The molecular formula is C10H23N3. The zero-order chi connectivity index (χ0) is 9.68. The largest absolute Gasteiger partial charge is 0.307 e. The summed E-state index contributed by atoms with van der Waals surface area (Å²) >= 11 is 0. The van der Waals surface area contributed by atoms with Crippen molar-refractivity contribution >= 4 is 0 Å². The zero-order valence-electron chi connectivity index (χ0n) is 9.21. The highest BCUT2D eigenvalue weighted by molar-refractivity contribution is 4.73. The Morgan fingerprint density at radius 2 is 2.31 bits per heavy atom. The standard InChI is InChI=1S/C10H23N3/c1-11-9-13(3)7-5-10-4-6-12(2)8-10/h10-11H,4-9H2,1-3H3. The molecule has 0 saturated carbocycles. The summed E-state index contributed by atoms with van der Waals surface area (Å²) in [4.78, 5) is 4.78. The molecule has 1 atom stereocenters. The fourth-order valence-corrected chi connectivity index (χ4v) is 2.01. The topological polar surface area (TPSA) is 18.5 Å². The minimum atomic E-state index is 0.935. The molecule has 3 heteroatoms. The number of hydrogen-bond donors (Lipinski definition) is 1. The summed E-state index contributed by atoms with van der Waals surface area (Å²) in [6.45, 7) is 4.82. The van der Waals surface area contributed by atoms with Crippen molar-refractivity contribution in [1.82, 2.24) is 15.1 Å². The highest BCUT2D eigenvalue weighted by Gasteiger charge is 2.18. The summed E-state index contributed by atoms with van der Waals surface area (Å²) in [5.41, 5.74) is 0. The van der Waals surface area contributed by atoms with E-state index < -0.39 is 0 Å². The van der Waals surface area contributed by atoms with E-state index in [4.69, 9.17) is 0 Å². The van der Waals surface area contributed by atoms with Gasteiger partial charge in [-0.1, -0.05) is 0 Å². The van der Waals surface area contributed by atoms with E-state index >= 15 is 0 Å². The molecule has 0 bridgehead atoms. The number of rotatable bonds is 5. The Labute approximate surface area is 82.1 Å². The lowest BCUT2D eigenvalue weighted by atomic mass is 10.1. The second-order valence-electron chi connectivity index (χ2n) is 4.30. The Balaban J connectivity index is 2.05. The van der Waals surface area contributed by atoms with Gasteiger partial charge in [-0.2, -0.15) is 0 Å². The molecule has 1 heterocycles. The second-order valence-corrected chi connectivity index (χ2v) is 4.30. The molecule has 1 fully saturated rings. The van der Waals surface area contributed by atoms with Crippen LogP contribution in [-0.4, -0.2) is 57.2 Å². The van der Waals surface area contributed by atoms with Crippen molar-refractivity contribution in [2.24, 2.45) is 5.92 Å². The van der Waals surface area contributed by atoms with Crippen LogP contribution in [0.4, 0.5) is 0 Å². The third kappa shape index (κ3) is 4.07. The summed E-state index contributed by atoms with van der Waals surface area (Å²) < 4.78 is 0. The van der Waals surface area contributed by atoms with Gasteiger partial charge in [0.05, 0.1) is 0 Å². The lowest BCUT2D eigenvalue weighted by molar-refractivity contribution is 0.285. The molecule has 0 aromatic carbocycles. The maximum atomic E-state index is 3.17. The van der Waals surface area contributed by atoms with Crippen molar-refractivity contribution in [2.75, 3.05) is 47.4 Å². The van der Waals surface area contributed by atoms with Gasteiger partial charge >= 0.3 is 0 Å². The lowest BCUT2D eigenvalue weighted by Gasteiger charge is -2.18. The smallest absolute Gasteiger partial charge is 0.0475 e. The van der Waals surface area contributed by atoms with Gasteiger partial charge in [-0.25, -0.2) is 0 Å². The van der Waals surface area contributed by atoms with Gasteiger partial charge in [0.1, 0.15) is 0 Å². The highest BCUT2D eigenvalue weighted by Crippen LogP contribution is 2.17. The molecule has 1 N–H and O–H groups in total. The molecule has 0 aromatic rings. The van der Waals surface area contributed by atoms with E-state index in [2.05, 4.69) is 29.2 Å². The molecule has 78 valence electrons. The summed E-state index contributed by atoms with van der Waals surface area (Å²) in [5.74, 6) is 0.935. The molecule has 1 aliphatic rings. The molecule has 13 heavy (non-hydrogen) atoms. The molecular weight excluding hydrogens is 162 g/mol. The van der Waals surface area contributed by atoms with Crippen LogP contribution < -0.4 is 5.32 Å². The Hall–Kier alpha value is -0.120. The van der Waals surface area contributed by atoms with E-state index in [1.54, 1.807) is 0 Å². The average Bonchev–Trinajstić information content (AvgIpc) is 2.49. The Bertz CT molecular complexity index is 138. The van der Waals surface area contributed by atoms with Crippen LogP contribution in [0, 0.1) is 5.92 Å². The first-order valence-electron chi connectivity index (χ1n) is 5.24. The number of nitrogens with zero attached hydrogens (tertiary/aromatic N) is 2. The molecule has 0 amide bonds. The number of nitrogens with one attached hydrogen (secondary N) is 1. The van der Waals surface area contributed by atoms with Crippen molar-refractivity contribution in [3.05, 3.63) is 0 Å². The van der Waals surface area contributed by atoms with Crippen molar-refractivity contribution in [3.63, 3.8) is 0 Å². The van der Waals surface area contributed by atoms with Gasteiger partial charge in [-0.3, -0.25) is 4.90 Å². The first-order chi connectivity index (χ1) is 6.22. The van der Waals surface area contributed by atoms with Gasteiger partial charge in [0.25, 0.3) is 0 Å². The Morgan fingerprint density at radius 3 is 2.85 bits per heavy atom. The van der Waals surface area contributed by atoms with Crippen LogP contribution in [0.3, 0.4) is 0 Å². The summed E-state index contributed by atoms with van der Waals surface area (Å²) in [7, 11) is 6.40. The minimum absolute atomic E-state index is 0.935. The third-order valence-corrected chi connectivity index (χ3v) is 2.84. The van der Waals surface area contributed by atoms with Crippen LogP contribution in [0.5, 0.6) is 0 Å². The summed E-state index contributed by atoms with van der Waals surface area (Å²) in [6, 6.07) is 0. The molecule has 1 aliphatic heterocycles. The lowest BCUT2D eigenvalue weighted by Crippen LogP contribution is -2.30. The van der Waals surface area contributed by atoms with Gasteiger partial charge in [0.2, 0.25) is 0 Å². The predicted octanol–water partition coefficient (Wildman–Crippen LogP) is 0.437. The van der Waals surface area contributed by atoms with Crippen LogP contribution in [-0.2, 0) is 0 Å². The van der Waals surface area contributed by atoms with Crippen LogP contribution in [0.15, 0.2) is 0 Å². The van der Waals surface area contributed by atoms with E-state index in [1.165, 1.54) is 32.5 Å². The van der Waals surface area contributed by atoms with E-state index in [1.807, 2.05) is 7.05 Å². The molecule has 3 nitrogen and oxygen atoms in total. The van der Waals surface area contributed by atoms with Crippen LogP contribution in [0.1, 0.15) is 12.8 Å². The monoisotopic (exact) mass is 185 g/mol. The molecule has 1 saturated heterocycles. The predicted molar refractivity (Wildman–Crippen MR) is 56.8 cm³/mol. The first kappa shape index (κ1) is 11.0. The number of likely N-dealkylation sites (tertiary alicyclic amines) is 1. The minimum Gasteiger partial charge on any atom is -0.307 e. The van der Waals surface area contributed by atoms with Crippen molar-refractivity contribution in [1.29, 1.82) is 0 Å². The number of hydrogen-bond acceptors (Lipinski definition) is 3. The van der Waals surface area contributed by atoms with Crippen molar-refractivity contribution < 1.29 is 0 Å². The van der Waals surface area contributed by atoms with E-state index in [0.29, 0.717) is 0 Å². The van der Waals surface area contributed by atoms with Gasteiger partial charge in [0, 0.05) is 13.2 Å². The third-order valence-electron chi connectivity index (χ3n) is 2.84. The van der Waals surface area contributed by atoms with E-state index in [0.717, 1.165) is 12.6 Å². The fourth-order valence-electron chi connectivity index (χ4n) is 2.01. The molecule has 0 aliphatic carbocycles. The highest BCUT2D eigenvalue weighted by atomic mass is 15.2.